The molecule has 0 radical (unpaired) electrons. The first-order chi connectivity index (χ1) is 20.6. The smallest absolute Gasteiger partial charge is 0.338 e. The molecular weight excluding hydrogens is 568 g/mol. The van der Waals surface area contributed by atoms with E-state index in [1.54, 1.807) is 36.4 Å². The maximum absolute atomic E-state index is 13.2. The minimum atomic E-state index is -1.66. The number of nitrogens with zero attached hydrogens (tertiary/aromatic N) is 3. The zero-order valence-corrected chi connectivity index (χ0v) is 23.2. The summed E-state index contributed by atoms with van der Waals surface area (Å²) in [6.07, 6.45) is -12.7. The van der Waals surface area contributed by atoms with Crippen LogP contribution in [0.4, 0.5) is 0 Å². The van der Waals surface area contributed by atoms with Crippen LogP contribution in [0, 0.1) is 0 Å². The van der Waals surface area contributed by atoms with Crippen LogP contribution in [0.15, 0.2) is 65.8 Å². The molecule has 2 aliphatic heterocycles. The molecule has 2 fully saturated rings. The summed E-state index contributed by atoms with van der Waals surface area (Å²) in [7, 11) is 0. The van der Waals surface area contributed by atoms with Gasteiger partial charge in [-0.1, -0.05) is 41.5 Å². The Morgan fingerprint density at radius 2 is 1.44 bits per heavy atom. The van der Waals surface area contributed by atoms with E-state index in [2.05, 4.69) is 15.3 Å². The second-order valence-corrected chi connectivity index (χ2v) is 9.98. The van der Waals surface area contributed by atoms with Crippen molar-refractivity contribution < 1.29 is 53.4 Å². The van der Waals surface area contributed by atoms with E-state index in [1.807, 2.05) is 0 Å². The predicted octanol–water partition coefficient (Wildman–Crippen LogP) is 0.822. The number of hydrogen-bond acceptors (Lipinski definition) is 12. The van der Waals surface area contributed by atoms with E-state index in [9.17, 15) is 35.2 Å². The maximum Gasteiger partial charge on any atom is 0.338 e. The van der Waals surface area contributed by atoms with Gasteiger partial charge in [-0.3, -0.25) is 4.79 Å². The van der Waals surface area contributed by atoms with Gasteiger partial charge in [0.05, 0.1) is 23.8 Å². The average Bonchev–Trinajstić information content (AvgIpc) is 3.00. The van der Waals surface area contributed by atoms with Crippen molar-refractivity contribution in [3.63, 3.8) is 0 Å². The normalized spacial score (nSPS) is 32.1. The van der Waals surface area contributed by atoms with E-state index in [0.29, 0.717) is 0 Å². The monoisotopic (exact) mass is 600 g/mol. The second kappa shape index (κ2) is 14.4. The number of aliphatic hydroxyl groups is 3. The van der Waals surface area contributed by atoms with Gasteiger partial charge in [0.1, 0.15) is 30.5 Å². The zero-order chi connectivity index (χ0) is 31.1. The van der Waals surface area contributed by atoms with Gasteiger partial charge in [0.15, 0.2) is 24.7 Å². The molecule has 230 valence electrons. The molecule has 2 aromatic carbocycles. The fraction of sp³-hybridized carbons (Fsp3) is 0.464. The molecule has 2 aromatic rings. The van der Waals surface area contributed by atoms with Crippen LogP contribution in [0.1, 0.15) is 34.6 Å². The standard InChI is InChI=1S/C28H32N4O11/c1-14-20(34)21(35)22(36)28(40-14)39-13-18-23(42-26(37)16-9-5-3-6-10-16)24(43-27(38)17-11-7-4-8-12-17)19(30-15(2)33)25(41-18)31-32-29/h3-12,14,18-25,28,34-36H,13H2,1-2H3,(H,30,33)/t14-,18+,19+,20+,21+,22-,23+,24+,25+,28+/m0/s1. The third-order valence-electron chi connectivity index (χ3n) is 6.94. The molecule has 0 bridgehead atoms. The number of hydrogen-bond donors (Lipinski definition) is 4. The third kappa shape index (κ3) is 7.66. The number of rotatable bonds is 9. The Morgan fingerprint density at radius 3 is 1.98 bits per heavy atom. The van der Waals surface area contributed by atoms with Gasteiger partial charge in [-0.05, 0) is 36.7 Å². The summed E-state index contributed by atoms with van der Waals surface area (Å²) >= 11 is 0. The first kappa shape index (κ1) is 31.8. The molecule has 4 N–H and O–H groups in total. The molecule has 0 aliphatic carbocycles. The van der Waals surface area contributed by atoms with Crippen LogP contribution in [-0.2, 0) is 28.5 Å². The van der Waals surface area contributed by atoms with Crippen LogP contribution >= 0.6 is 0 Å². The number of ether oxygens (including phenoxy) is 5. The summed E-state index contributed by atoms with van der Waals surface area (Å²) in [6, 6.07) is 14.5. The predicted molar refractivity (Wildman–Crippen MR) is 145 cm³/mol. The van der Waals surface area contributed by atoms with Crippen molar-refractivity contribution in [2.45, 2.75) is 75.1 Å². The van der Waals surface area contributed by atoms with Crippen molar-refractivity contribution in [2.75, 3.05) is 6.61 Å². The van der Waals surface area contributed by atoms with E-state index in [0.717, 1.165) is 0 Å². The summed E-state index contributed by atoms with van der Waals surface area (Å²) in [5.74, 6) is -2.25. The number of esters is 2. The molecule has 0 spiro atoms. The van der Waals surface area contributed by atoms with Crippen molar-refractivity contribution in [1.29, 1.82) is 0 Å². The Morgan fingerprint density at radius 1 is 0.884 bits per heavy atom. The molecule has 10 atom stereocenters. The number of benzene rings is 2. The second-order valence-electron chi connectivity index (χ2n) is 9.98. The van der Waals surface area contributed by atoms with Crippen LogP contribution in [0.5, 0.6) is 0 Å². The van der Waals surface area contributed by atoms with Crippen molar-refractivity contribution in [1.82, 2.24) is 5.32 Å². The first-order valence-corrected chi connectivity index (χ1v) is 13.4. The highest BCUT2D eigenvalue weighted by Crippen LogP contribution is 2.30. The number of azide groups is 1. The Kier molecular flexibility index (Phi) is 10.7. The molecule has 0 saturated carbocycles. The van der Waals surface area contributed by atoms with E-state index in [4.69, 9.17) is 23.7 Å². The molecule has 0 unspecified atom stereocenters. The number of aliphatic hydroxyl groups excluding tert-OH is 3. The van der Waals surface area contributed by atoms with E-state index in [-0.39, 0.29) is 11.1 Å². The van der Waals surface area contributed by atoms with Crippen molar-refractivity contribution in [3.05, 3.63) is 82.2 Å². The lowest BCUT2D eigenvalue weighted by molar-refractivity contribution is -0.304. The maximum atomic E-state index is 13.2. The van der Waals surface area contributed by atoms with Crippen LogP contribution in [-0.4, -0.2) is 101 Å². The largest absolute Gasteiger partial charge is 0.452 e. The molecule has 43 heavy (non-hydrogen) atoms. The lowest BCUT2D eigenvalue weighted by atomic mass is 9.95. The van der Waals surface area contributed by atoms with Gasteiger partial charge < -0.3 is 44.3 Å². The quantitative estimate of drug-likeness (QED) is 0.137. The minimum absolute atomic E-state index is 0.150. The third-order valence-corrected chi connectivity index (χ3v) is 6.94. The summed E-state index contributed by atoms with van der Waals surface area (Å²) in [5.41, 5.74) is 9.55. The van der Waals surface area contributed by atoms with Gasteiger partial charge in [0.2, 0.25) is 5.91 Å². The number of carbonyl (C=O) groups is 3. The molecule has 2 aliphatic rings. The van der Waals surface area contributed by atoms with Crippen LogP contribution in [0.2, 0.25) is 0 Å². The van der Waals surface area contributed by atoms with Gasteiger partial charge >= 0.3 is 11.9 Å². The SMILES string of the molecule is CC(=O)N[C@@H]1[C@@H](OC(=O)c2ccccc2)[C@H](OC(=O)c2ccccc2)[C@@H](CO[C@@H]2O[C@@H](C)[C@@H](O)[C@@H](O)[C@@H]2O)O[C@H]1N=[N+]=[N-]. The van der Waals surface area contributed by atoms with E-state index < -0.39 is 85.7 Å². The molecule has 15 nitrogen and oxygen atoms in total. The first-order valence-electron chi connectivity index (χ1n) is 13.4. The van der Waals surface area contributed by atoms with Crippen molar-refractivity contribution in [3.8, 4) is 0 Å². The Labute approximate surface area is 245 Å². The minimum Gasteiger partial charge on any atom is -0.452 e. The molecule has 2 heterocycles. The molecule has 1 amide bonds. The van der Waals surface area contributed by atoms with Gasteiger partial charge in [0, 0.05) is 11.8 Å². The number of carbonyl (C=O) groups excluding carboxylic acids is 3. The fourth-order valence-corrected chi connectivity index (χ4v) is 4.75. The fourth-order valence-electron chi connectivity index (χ4n) is 4.75. The van der Waals surface area contributed by atoms with Crippen LogP contribution in [0.25, 0.3) is 10.4 Å². The summed E-state index contributed by atoms with van der Waals surface area (Å²) in [4.78, 5) is 41.4. The summed E-state index contributed by atoms with van der Waals surface area (Å²) in [5, 5.41) is 36.8. The molecule has 15 heteroatoms. The van der Waals surface area contributed by atoms with Gasteiger partial charge in [0.25, 0.3) is 0 Å². The average molecular weight is 601 g/mol. The highest BCUT2D eigenvalue weighted by atomic mass is 16.7. The number of amides is 1. The van der Waals surface area contributed by atoms with Gasteiger partial charge in [-0.25, -0.2) is 9.59 Å². The van der Waals surface area contributed by atoms with Crippen molar-refractivity contribution >= 4 is 17.8 Å². The molecule has 4 rings (SSSR count). The van der Waals surface area contributed by atoms with E-state index >= 15 is 0 Å². The topological polar surface area (TPSA) is 219 Å². The molecule has 0 aromatic heterocycles. The van der Waals surface area contributed by atoms with Crippen LogP contribution < -0.4 is 5.32 Å². The lowest BCUT2D eigenvalue weighted by Gasteiger charge is -2.45. The van der Waals surface area contributed by atoms with Crippen LogP contribution in [0.3, 0.4) is 0 Å². The van der Waals surface area contributed by atoms with E-state index in [1.165, 1.54) is 38.1 Å². The highest BCUT2D eigenvalue weighted by molar-refractivity contribution is 5.90. The highest BCUT2D eigenvalue weighted by Gasteiger charge is 2.52. The Bertz CT molecular complexity index is 1310. The summed E-state index contributed by atoms with van der Waals surface area (Å²) < 4.78 is 28.7. The van der Waals surface area contributed by atoms with Gasteiger partial charge in [-0.15, -0.1) is 0 Å². The number of nitrogens with one attached hydrogen (secondary N) is 1. The molecule has 2 saturated heterocycles. The summed E-state index contributed by atoms with van der Waals surface area (Å²) in [6.45, 7) is 2.15. The van der Waals surface area contributed by atoms with Crippen molar-refractivity contribution in [2.24, 2.45) is 5.11 Å². The zero-order valence-electron chi connectivity index (χ0n) is 23.2. The molecular formula is C28H32N4O11. The van der Waals surface area contributed by atoms with Gasteiger partial charge in [-0.2, -0.15) is 0 Å². The Balaban J connectivity index is 1.69. The lowest BCUT2D eigenvalue weighted by Crippen LogP contribution is -2.66. The Hall–Kier alpha value is -4.08.